The van der Waals surface area contributed by atoms with Gasteiger partial charge in [-0.05, 0) is 19.1 Å². The first-order valence-electron chi connectivity index (χ1n) is 7.92. The van der Waals surface area contributed by atoms with Crippen molar-refractivity contribution in [3.05, 3.63) is 48.0 Å². The number of methoxy groups -OCH3 is 2. The van der Waals surface area contributed by atoms with Crippen molar-refractivity contribution < 1.29 is 23.7 Å². The highest BCUT2D eigenvalue weighted by Gasteiger charge is 2.06. The van der Waals surface area contributed by atoms with Crippen molar-refractivity contribution in [3.8, 4) is 23.0 Å². The van der Waals surface area contributed by atoms with Gasteiger partial charge in [-0.15, -0.1) is 0 Å². The summed E-state index contributed by atoms with van der Waals surface area (Å²) in [5.74, 6) is 2.25. The van der Waals surface area contributed by atoms with E-state index in [1.807, 2.05) is 31.2 Å². The highest BCUT2D eigenvalue weighted by atomic mass is 16.5. The number of aryl methyl sites for hydroxylation is 1. The normalized spacial score (nSPS) is 10.0. The lowest BCUT2D eigenvalue weighted by molar-refractivity contribution is -0.123. The van der Waals surface area contributed by atoms with Gasteiger partial charge in [-0.25, -0.2) is 0 Å². The molecule has 6 heteroatoms. The molecule has 6 nitrogen and oxygen atoms in total. The Hall–Kier alpha value is -2.89. The molecule has 0 fully saturated rings. The predicted octanol–water partition coefficient (Wildman–Crippen LogP) is 2.59. The van der Waals surface area contributed by atoms with E-state index in [0.29, 0.717) is 30.4 Å². The number of hydrogen-bond donors (Lipinski definition) is 1. The van der Waals surface area contributed by atoms with Gasteiger partial charge in [0.15, 0.2) is 6.61 Å². The first-order chi connectivity index (χ1) is 12.1. The Labute approximate surface area is 147 Å². The van der Waals surface area contributed by atoms with Crippen LogP contribution < -0.4 is 24.3 Å². The Kier molecular flexibility index (Phi) is 6.95. The minimum Gasteiger partial charge on any atom is -0.496 e. The third-order valence-corrected chi connectivity index (χ3v) is 3.41. The summed E-state index contributed by atoms with van der Waals surface area (Å²) in [7, 11) is 3.11. The molecule has 2 aromatic rings. The molecule has 0 bridgehead atoms. The molecule has 0 saturated carbocycles. The Balaban J connectivity index is 1.71. The zero-order valence-corrected chi connectivity index (χ0v) is 14.7. The van der Waals surface area contributed by atoms with E-state index in [9.17, 15) is 4.79 Å². The highest BCUT2D eigenvalue weighted by Crippen LogP contribution is 2.27. The van der Waals surface area contributed by atoms with Gasteiger partial charge in [0.2, 0.25) is 0 Å². The molecular formula is C19H23NO5. The maximum Gasteiger partial charge on any atom is 0.258 e. The van der Waals surface area contributed by atoms with Gasteiger partial charge in [0.05, 0.1) is 20.8 Å². The maximum absolute atomic E-state index is 11.8. The van der Waals surface area contributed by atoms with Crippen molar-refractivity contribution in [1.29, 1.82) is 0 Å². The van der Waals surface area contributed by atoms with Gasteiger partial charge in [-0.2, -0.15) is 0 Å². The molecule has 0 unspecified atom stereocenters. The Bertz CT molecular complexity index is 662. The second-order valence-electron chi connectivity index (χ2n) is 5.35. The molecule has 2 aromatic carbocycles. The molecule has 134 valence electrons. The molecule has 1 N–H and O–H groups in total. The van der Waals surface area contributed by atoms with Crippen LogP contribution in [0.2, 0.25) is 0 Å². The van der Waals surface area contributed by atoms with E-state index in [0.717, 1.165) is 5.75 Å². The van der Waals surface area contributed by atoms with Crippen LogP contribution in [0.3, 0.4) is 0 Å². The summed E-state index contributed by atoms with van der Waals surface area (Å²) in [6.45, 7) is 2.71. The molecule has 0 saturated heterocycles. The van der Waals surface area contributed by atoms with Gasteiger partial charge in [0.1, 0.15) is 29.6 Å². The molecule has 0 heterocycles. The molecule has 1 amide bonds. The van der Waals surface area contributed by atoms with Gasteiger partial charge >= 0.3 is 0 Å². The molecule has 0 aromatic heterocycles. The van der Waals surface area contributed by atoms with Gasteiger partial charge < -0.3 is 24.3 Å². The minimum atomic E-state index is -0.228. The number of hydrogen-bond acceptors (Lipinski definition) is 5. The molecule has 2 rings (SSSR count). The molecule has 0 aliphatic rings. The van der Waals surface area contributed by atoms with E-state index in [1.165, 1.54) is 5.56 Å². The Morgan fingerprint density at radius 2 is 1.48 bits per heavy atom. The van der Waals surface area contributed by atoms with Gasteiger partial charge in [-0.1, -0.05) is 17.7 Å². The zero-order chi connectivity index (χ0) is 18.1. The average molecular weight is 345 g/mol. The highest BCUT2D eigenvalue weighted by molar-refractivity contribution is 5.77. The van der Waals surface area contributed by atoms with Crippen molar-refractivity contribution in [2.24, 2.45) is 0 Å². The topological polar surface area (TPSA) is 66.0 Å². The number of rotatable bonds is 9. The third kappa shape index (κ3) is 6.25. The lowest BCUT2D eigenvalue weighted by Gasteiger charge is -2.11. The monoisotopic (exact) mass is 345 g/mol. The first-order valence-corrected chi connectivity index (χ1v) is 7.92. The standard InChI is InChI=1S/C19H23NO5/c1-14-4-6-15(7-5-14)24-9-8-20-19(21)13-25-18-11-16(22-2)10-17(12-18)23-3/h4-7,10-12H,8-9,13H2,1-3H3,(H,20,21). The van der Waals surface area contributed by atoms with E-state index < -0.39 is 0 Å². The van der Waals surface area contributed by atoms with Crippen molar-refractivity contribution in [1.82, 2.24) is 5.32 Å². The lowest BCUT2D eigenvalue weighted by atomic mass is 10.2. The summed E-state index contributed by atoms with van der Waals surface area (Å²) < 4.78 is 21.3. The van der Waals surface area contributed by atoms with Crippen LogP contribution in [0.5, 0.6) is 23.0 Å². The largest absolute Gasteiger partial charge is 0.496 e. The van der Waals surface area contributed by atoms with E-state index in [-0.39, 0.29) is 12.5 Å². The summed E-state index contributed by atoms with van der Waals surface area (Å²) in [5, 5.41) is 2.74. The van der Waals surface area contributed by atoms with Crippen molar-refractivity contribution >= 4 is 5.91 Å². The lowest BCUT2D eigenvalue weighted by Crippen LogP contribution is -2.32. The number of benzene rings is 2. The molecule has 0 atom stereocenters. The van der Waals surface area contributed by atoms with E-state index >= 15 is 0 Å². The van der Waals surface area contributed by atoms with E-state index in [2.05, 4.69) is 5.32 Å². The maximum atomic E-state index is 11.8. The third-order valence-electron chi connectivity index (χ3n) is 3.41. The summed E-state index contributed by atoms with van der Waals surface area (Å²) in [6, 6.07) is 12.9. The smallest absolute Gasteiger partial charge is 0.258 e. The van der Waals surface area contributed by atoms with Crippen LogP contribution >= 0.6 is 0 Å². The average Bonchev–Trinajstić information content (AvgIpc) is 2.64. The van der Waals surface area contributed by atoms with Crippen LogP contribution in [-0.2, 0) is 4.79 Å². The fourth-order valence-electron chi connectivity index (χ4n) is 2.06. The first kappa shape index (κ1) is 18.4. The number of amides is 1. The van der Waals surface area contributed by atoms with Crippen LogP contribution in [0.25, 0.3) is 0 Å². The van der Waals surface area contributed by atoms with Gasteiger partial charge in [-0.3, -0.25) is 4.79 Å². The predicted molar refractivity (Wildman–Crippen MR) is 94.7 cm³/mol. The quantitative estimate of drug-likeness (QED) is 0.708. The van der Waals surface area contributed by atoms with E-state index in [1.54, 1.807) is 32.4 Å². The SMILES string of the molecule is COc1cc(OC)cc(OCC(=O)NCCOc2ccc(C)cc2)c1. The second kappa shape index (κ2) is 9.42. The minimum absolute atomic E-state index is 0.0964. The fourth-order valence-corrected chi connectivity index (χ4v) is 2.06. The second-order valence-corrected chi connectivity index (χ2v) is 5.35. The number of carbonyl (C=O) groups excluding carboxylic acids is 1. The summed E-state index contributed by atoms with van der Waals surface area (Å²) in [6.07, 6.45) is 0. The molecule has 0 aliphatic heterocycles. The summed E-state index contributed by atoms with van der Waals surface area (Å²) >= 11 is 0. The van der Waals surface area contributed by atoms with Crippen LogP contribution in [0, 0.1) is 6.92 Å². The Morgan fingerprint density at radius 3 is 2.08 bits per heavy atom. The van der Waals surface area contributed by atoms with Crippen LogP contribution in [-0.4, -0.2) is 39.9 Å². The summed E-state index contributed by atoms with van der Waals surface area (Å²) in [4.78, 5) is 11.8. The molecule has 0 spiro atoms. The number of ether oxygens (including phenoxy) is 4. The summed E-state index contributed by atoms with van der Waals surface area (Å²) in [5.41, 5.74) is 1.17. The fraction of sp³-hybridized carbons (Fsp3) is 0.316. The van der Waals surface area contributed by atoms with Crippen LogP contribution in [0.15, 0.2) is 42.5 Å². The van der Waals surface area contributed by atoms with Gasteiger partial charge in [0.25, 0.3) is 5.91 Å². The van der Waals surface area contributed by atoms with Crippen molar-refractivity contribution in [2.75, 3.05) is 34.0 Å². The molecule has 0 radical (unpaired) electrons. The zero-order valence-electron chi connectivity index (χ0n) is 14.7. The number of carbonyl (C=O) groups is 1. The molecular weight excluding hydrogens is 322 g/mol. The van der Waals surface area contributed by atoms with Crippen LogP contribution in [0.1, 0.15) is 5.56 Å². The van der Waals surface area contributed by atoms with Crippen LogP contribution in [0.4, 0.5) is 0 Å². The van der Waals surface area contributed by atoms with Gasteiger partial charge in [0, 0.05) is 18.2 Å². The van der Waals surface area contributed by atoms with Crippen molar-refractivity contribution in [3.63, 3.8) is 0 Å². The number of nitrogens with one attached hydrogen (secondary N) is 1. The molecule has 25 heavy (non-hydrogen) atoms. The Morgan fingerprint density at radius 1 is 0.880 bits per heavy atom. The molecule has 0 aliphatic carbocycles. The van der Waals surface area contributed by atoms with E-state index in [4.69, 9.17) is 18.9 Å². The van der Waals surface area contributed by atoms with Crippen molar-refractivity contribution in [2.45, 2.75) is 6.92 Å².